The second-order valence-corrected chi connectivity index (χ2v) is 13.6. The molecule has 0 aromatic rings. The maximum absolute atomic E-state index is 6.83. The maximum atomic E-state index is 6.83. The molecule has 4 fully saturated rings. The highest BCUT2D eigenvalue weighted by atomic mass is 28.4. The Labute approximate surface area is 146 Å². The average Bonchev–Trinajstić information content (AvgIpc) is 2.46. The van der Waals surface area contributed by atoms with Crippen molar-refractivity contribution in [3.63, 3.8) is 0 Å². The van der Waals surface area contributed by atoms with Gasteiger partial charge in [-0.15, -0.1) is 0 Å². The standard InChI is InChI=1S/C21H40OSi/c1-4-9-23(10-5-2,11-6-3)22-8-7-21-15-18-12-19(16-21)14-20(13-18)17-21/h18-20H,4-17H2,1-3H3. The van der Waals surface area contributed by atoms with Crippen molar-refractivity contribution >= 4 is 8.32 Å². The number of hydrogen-bond donors (Lipinski definition) is 0. The van der Waals surface area contributed by atoms with E-state index in [-0.39, 0.29) is 0 Å². The molecule has 1 nitrogen and oxygen atoms in total. The second kappa shape index (κ2) is 7.60. The Morgan fingerprint density at radius 1 is 0.783 bits per heavy atom. The lowest BCUT2D eigenvalue weighted by atomic mass is 9.49. The van der Waals surface area contributed by atoms with Gasteiger partial charge in [-0.25, -0.2) is 0 Å². The predicted molar refractivity (Wildman–Crippen MR) is 102 cm³/mol. The second-order valence-electron chi connectivity index (χ2n) is 9.45. The van der Waals surface area contributed by atoms with Crippen LogP contribution in [0.4, 0.5) is 0 Å². The smallest absolute Gasteiger partial charge is 0.192 e. The van der Waals surface area contributed by atoms with E-state index in [2.05, 4.69) is 20.8 Å². The van der Waals surface area contributed by atoms with Gasteiger partial charge in [-0.1, -0.05) is 40.0 Å². The van der Waals surface area contributed by atoms with Crippen LogP contribution in [0, 0.1) is 23.2 Å². The molecule has 4 rings (SSSR count). The molecular formula is C21H40OSi. The first-order valence-electron chi connectivity index (χ1n) is 10.8. The van der Waals surface area contributed by atoms with Gasteiger partial charge in [-0.05, 0) is 86.2 Å². The minimum Gasteiger partial charge on any atom is -0.417 e. The van der Waals surface area contributed by atoms with E-state index in [1.165, 1.54) is 43.8 Å². The zero-order valence-electron chi connectivity index (χ0n) is 16.0. The number of rotatable bonds is 10. The van der Waals surface area contributed by atoms with Crippen molar-refractivity contribution in [2.75, 3.05) is 6.61 Å². The van der Waals surface area contributed by atoms with Gasteiger partial charge >= 0.3 is 0 Å². The topological polar surface area (TPSA) is 9.23 Å². The molecule has 0 amide bonds. The van der Waals surface area contributed by atoms with Crippen LogP contribution in [0.15, 0.2) is 0 Å². The molecule has 0 N–H and O–H groups in total. The van der Waals surface area contributed by atoms with Gasteiger partial charge in [0.05, 0.1) is 0 Å². The molecule has 0 spiro atoms. The molecule has 0 aliphatic heterocycles. The first-order chi connectivity index (χ1) is 11.1. The molecule has 4 aliphatic rings. The van der Waals surface area contributed by atoms with Crippen molar-refractivity contribution in [1.82, 2.24) is 0 Å². The molecule has 23 heavy (non-hydrogen) atoms. The van der Waals surface area contributed by atoms with Crippen LogP contribution < -0.4 is 0 Å². The highest BCUT2D eigenvalue weighted by Gasteiger charge is 2.50. The van der Waals surface area contributed by atoms with Gasteiger partial charge in [0.2, 0.25) is 0 Å². The van der Waals surface area contributed by atoms with E-state index in [0.717, 1.165) is 24.4 Å². The monoisotopic (exact) mass is 336 g/mol. The van der Waals surface area contributed by atoms with Crippen LogP contribution in [-0.2, 0) is 4.43 Å². The van der Waals surface area contributed by atoms with Crippen LogP contribution in [0.3, 0.4) is 0 Å². The Kier molecular flexibility index (Phi) is 5.94. The zero-order chi connectivity index (χ0) is 16.3. The highest BCUT2D eigenvalue weighted by Crippen LogP contribution is 2.61. The third-order valence-corrected chi connectivity index (χ3v) is 12.4. The molecule has 0 radical (unpaired) electrons. The highest BCUT2D eigenvalue weighted by molar-refractivity contribution is 6.73. The molecule has 0 atom stereocenters. The summed E-state index contributed by atoms with van der Waals surface area (Å²) in [5.74, 6) is 3.26. The predicted octanol–water partition coefficient (Wildman–Crippen LogP) is 6.79. The molecule has 0 aromatic carbocycles. The summed E-state index contributed by atoms with van der Waals surface area (Å²) >= 11 is 0. The fourth-order valence-electron chi connectivity index (χ4n) is 7.04. The molecule has 4 bridgehead atoms. The van der Waals surface area contributed by atoms with E-state index in [9.17, 15) is 0 Å². The summed E-state index contributed by atoms with van der Waals surface area (Å²) in [7, 11) is -1.43. The molecule has 134 valence electrons. The van der Waals surface area contributed by atoms with E-state index in [0.29, 0.717) is 5.41 Å². The largest absolute Gasteiger partial charge is 0.417 e. The summed E-state index contributed by atoms with van der Waals surface area (Å²) in [6, 6.07) is 4.20. The van der Waals surface area contributed by atoms with Crippen molar-refractivity contribution in [3.8, 4) is 0 Å². The summed E-state index contributed by atoms with van der Waals surface area (Å²) in [6.07, 6.45) is 14.7. The van der Waals surface area contributed by atoms with E-state index >= 15 is 0 Å². The summed E-state index contributed by atoms with van der Waals surface area (Å²) < 4.78 is 6.83. The van der Waals surface area contributed by atoms with Gasteiger partial charge in [-0.2, -0.15) is 0 Å². The van der Waals surface area contributed by atoms with Crippen molar-refractivity contribution in [1.29, 1.82) is 0 Å². The Morgan fingerprint density at radius 2 is 1.22 bits per heavy atom. The minimum absolute atomic E-state index is 0.708. The fourth-order valence-corrected chi connectivity index (χ4v) is 11.5. The van der Waals surface area contributed by atoms with E-state index < -0.39 is 8.32 Å². The molecule has 0 heterocycles. The van der Waals surface area contributed by atoms with Crippen molar-refractivity contribution in [3.05, 3.63) is 0 Å². The van der Waals surface area contributed by atoms with Crippen molar-refractivity contribution in [2.24, 2.45) is 23.2 Å². The Hall–Kier alpha value is 0.177. The van der Waals surface area contributed by atoms with Crippen LogP contribution in [0.25, 0.3) is 0 Å². The lowest BCUT2D eigenvalue weighted by Crippen LogP contribution is -2.47. The first kappa shape index (κ1) is 18.0. The number of hydrogen-bond acceptors (Lipinski definition) is 1. The molecule has 0 unspecified atom stereocenters. The van der Waals surface area contributed by atoms with Gasteiger partial charge in [0, 0.05) is 6.61 Å². The Morgan fingerprint density at radius 3 is 1.61 bits per heavy atom. The normalized spacial score (nSPS) is 35.9. The van der Waals surface area contributed by atoms with Gasteiger partial charge in [-0.3, -0.25) is 0 Å². The van der Waals surface area contributed by atoms with Crippen LogP contribution in [-0.4, -0.2) is 14.9 Å². The van der Waals surface area contributed by atoms with E-state index in [1.54, 1.807) is 38.5 Å². The SMILES string of the molecule is CCC[Si](CCC)(CCC)OCCC12CC3CC(CC(C3)C1)C2. The molecule has 4 aliphatic carbocycles. The van der Waals surface area contributed by atoms with Crippen LogP contribution in [0.1, 0.15) is 85.0 Å². The lowest BCUT2D eigenvalue weighted by Gasteiger charge is -2.57. The molecular weight excluding hydrogens is 296 g/mol. The van der Waals surface area contributed by atoms with Crippen molar-refractivity contribution in [2.45, 2.75) is 103 Å². The summed E-state index contributed by atoms with van der Waals surface area (Å²) in [4.78, 5) is 0. The van der Waals surface area contributed by atoms with E-state index in [1.807, 2.05) is 0 Å². The Balaban J connectivity index is 1.56. The molecule has 0 saturated heterocycles. The fraction of sp³-hybridized carbons (Fsp3) is 1.00. The molecule has 4 saturated carbocycles. The third-order valence-electron chi connectivity index (χ3n) is 7.32. The van der Waals surface area contributed by atoms with Gasteiger partial charge in [0.15, 0.2) is 8.32 Å². The lowest BCUT2D eigenvalue weighted by molar-refractivity contribution is -0.0628. The quantitative estimate of drug-likeness (QED) is 0.399. The molecule has 0 aromatic heterocycles. The van der Waals surface area contributed by atoms with Crippen molar-refractivity contribution < 1.29 is 4.43 Å². The summed E-state index contributed by atoms with van der Waals surface area (Å²) in [5, 5.41) is 0. The Bertz CT molecular complexity index is 324. The van der Waals surface area contributed by atoms with Crippen LogP contribution in [0.5, 0.6) is 0 Å². The maximum Gasteiger partial charge on any atom is 0.192 e. The van der Waals surface area contributed by atoms with Crippen LogP contribution >= 0.6 is 0 Å². The van der Waals surface area contributed by atoms with Gasteiger partial charge < -0.3 is 4.43 Å². The summed E-state index contributed by atoms with van der Waals surface area (Å²) in [5.41, 5.74) is 0.708. The average molecular weight is 337 g/mol. The third kappa shape index (κ3) is 4.06. The van der Waals surface area contributed by atoms with Gasteiger partial charge in [0.25, 0.3) is 0 Å². The summed E-state index contributed by atoms with van der Waals surface area (Å²) in [6.45, 7) is 8.17. The first-order valence-corrected chi connectivity index (χ1v) is 13.3. The van der Waals surface area contributed by atoms with E-state index in [4.69, 9.17) is 4.43 Å². The van der Waals surface area contributed by atoms with Crippen LogP contribution in [0.2, 0.25) is 18.1 Å². The molecule has 2 heteroatoms. The zero-order valence-corrected chi connectivity index (χ0v) is 17.0. The van der Waals surface area contributed by atoms with Gasteiger partial charge in [0.1, 0.15) is 0 Å². The minimum atomic E-state index is -1.43.